The molecule has 1 heterocycles. The SMILES string of the molecule is Cc1cc(Cl)cc(NS(=O)(=O)c2c(C)nn(C)c2C)c1O. The van der Waals surface area contributed by atoms with E-state index in [2.05, 4.69) is 9.82 Å². The fraction of sp³-hybridized carbons (Fsp3) is 0.308. The van der Waals surface area contributed by atoms with E-state index in [-0.39, 0.29) is 16.3 Å². The number of nitrogens with one attached hydrogen (secondary N) is 1. The molecule has 0 spiro atoms. The van der Waals surface area contributed by atoms with Gasteiger partial charge in [0.15, 0.2) is 0 Å². The molecule has 0 aliphatic carbocycles. The topological polar surface area (TPSA) is 84.2 Å². The Morgan fingerprint density at radius 1 is 1.29 bits per heavy atom. The van der Waals surface area contributed by atoms with E-state index in [1.807, 2.05) is 0 Å². The number of aryl methyl sites for hydroxylation is 3. The van der Waals surface area contributed by atoms with Gasteiger partial charge in [-0.15, -0.1) is 0 Å². The van der Waals surface area contributed by atoms with Crippen molar-refractivity contribution in [1.82, 2.24) is 9.78 Å². The molecule has 114 valence electrons. The minimum absolute atomic E-state index is 0.0441. The number of halogens is 1. The largest absolute Gasteiger partial charge is 0.505 e. The lowest BCUT2D eigenvalue weighted by atomic mass is 10.2. The highest BCUT2D eigenvalue weighted by Gasteiger charge is 2.25. The van der Waals surface area contributed by atoms with Gasteiger partial charge in [-0.3, -0.25) is 9.40 Å². The van der Waals surface area contributed by atoms with E-state index in [9.17, 15) is 13.5 Å². The summed E-state index contributed by atoms with van der Waals surface area (Å²) in [6.07, 6.45) is 0. The van der Waals surface area contributed by atoms with Crippen LogP contribution in [0.3, 0.4) is 0 Å². The molecule has 21 heavy (non-hydrogen) atoms. The number of phenolic OH excluding ortho intramolecular Hbond substituents is 1. The Hall–Kier alpha value is -1.73. The Bertz CT molecular complexity index is 813. The van der Waals surface area contributed by atoms with E-state index in [1.54, 1.807) is 33.9 Å². The number of anilines is 1. The molecule has 2 aromatic rings. The van der Waals surface area contributed by atoms with Gasteiger partial charge < -0.3 is 5.11 Å². The first kappa shape index (κ1) is 15.7. The van der Waals surface area contributed by atoms with Gasteiger partial charge in [0.2, 0.25) is 0 Å². The van der Waals surface area contributed by atoms with Crippen LogP contribution in [0.5, 0.6) is 5.75 Å². The zero-order chi connectivity index (χ0) is 15.9. The Morgan fingerprint density at radius 2 is 1.90 bits per heavy atom. The van der Waals surface area contributed by atoms with Crippen LogP contribution in [0.2, 0.25) is 5.02 Å². The highest BCUT2D eigenvalue weighted by molar-refractivity contribution is 7.92. The maximum atomic E-state index is 12.5. The minimum Gasteiger partial charge on any atom is -0.505 e. The van der Waals surface area contributed by atoms with Crippen LogP contribution in [0.25, 0.3) is 0 Å². The van der Waals surface area contributed by atoms with Crippen molar-refractivity contribution in [3.8, 4) is 5.75 Å². The number of phenols is 1. The molecule has 0 saturated carbocycles. The third kappa shape index (κ3) is 2.84. The molecule has 0 radical (unpaired) electrons. The van der Waals surface area contributed by atoms with Crippen molar-refractivity contribution in [2.45, 2.75) is 25.7 Å². The fourth-order valence-electron chi connectivity index (χ4n) is 2.15. The van der Waals surface area contributed by atoms with Crippen LogP contribution in [-0.2, 0) is 17.1 Å². The summed E-state index contributed by atoms with van der Waals surface area (Å²) >= 11 is 5.90. The van der Waals surface area contributed by atoms with Gasteiger partial charge in [-0.2, -0.15) is 5.10 Å². The molecule has 1 aromatic heterocycles. The number of rotatable bonds is 3. The van der Waals surface area contributed by atoms with E-state index in [4.69, 9.17) is 11.6 Å². The van der Waals surface area contributed by atoms with E-state index in [1.165, 1.54) is 10.7 Å². The number of nitrogens with zero attached hydrogens (tertiary/aromatic N) is 2. The maximum Gasteiger partial charge on any atom is 0.265 e. The Labute approximate surface area is 128 Å². The van der Waals surface area contributed by atoms with Gasteiger partial charge in [0, 0.05) is 12.1 Å². The van der Waals surface area contributed by atoms with E-state index < -0.39 is 10.0 Å². The smallest absolute Gasteiger partial charge is 0.265 e. The average molecular weight is 330 g/mol. The second kappa shape index (κ2) is 5.23. The normalized spacial score (nSPS) is 11.7. The predicted molar refractivity (Wildman–Crippen MR) is 81.3 cm³/mol. The van der Waals surface area contributed by atoms with Crippen molar-refractivity contribution >= 4 is 27.3 Å². The number of sulfonamides is 1. The predicted octanol–water partition coefficient (Wildman–Crippen LogP) is 2.51. The van der Waals surface area contributed by atoms with Gasteiger partial charge in [0.25, 0.3) is 10.0 Å². The fourth-order valence-corrected chi connectivity index (χ4v) is 3.92. The van der Waals surface area contributed by atoms with Crippen LogP contribution in [0.15, 0.2) is 17.0 Å². The lowest BCUT2D eigenvalue weighted by Gasteiger charge is -2.12. The van der Waals surface area contributed by atoms with Gasteiger partial charge in [-0.05, 0) is 38.5 Å². The van der Waals surface area contributed by atoms with Crippen molar-refractivity contribution in [3.05, 3.63) is 34.1 Å². The van der Waals surface area contributed by atoms with E-state index in [0.29, 0.717) is 22.0 Å². The zero-order valence-corrected chi connectivity index (χ0v) is 13.7. The Morgan fingerprint density at radius 3 is 2.43 bits per heavy atom. The molecule has 0 aliphatic rings. The molecule has 0 fully saturated rings. The third-order valence-corrected chi connectivity index (χ3v) is 5.06. The number of hydrogen-bond acceptors (Lipinski definition) is 4. The van der Waals surface area contributed by atoms with E-state index >= 15 is 0 Å². The lowest BCUT2D eigenvalue weighted by molar-refractivity contribution is 0.473. The first-order valence-electron chi connectivity index (χ1n) is 6.15. The van der Waals surface area contributed by atoms with Crippen molar-refractivity contribution < 1.29 is 13.5 Å². The summed E-state index contributed by atoms with van der Waals surface area (Å²) in [6, 6.07) is 2.91. The number of aromatic nitrogens is 2. The van der Waals surface area contributed by atoms with Crippen molar-refractivity contribution in [2.24, 2.45) is 7.05 Å². The summed E-state index contributed by atoms with van der Waals surface area (Å²) < 4.78 is 28.9. The van der Waals surface area contributed by atoms with Crippen molar-refractivity contribution in [3.63, 3.8) is 0 Å². The van der Waals surface area contributed by atoms with Crippen LogP contribution in [-0.4, -0.2) is 23.3 Å². The highest BCUT2D eigenvalue weighted by atomic mass is 35.5. The summed E-state index contributed by atoms with van der Waals surface area (Å²) in [5.74, 6) is -0.151. The molecule has 2 rings (SSSR count). The van der Waals surface area contributed by atoms with Gasteiger partial charge in [0.05, 0.1) is 17.1 Å². The molecular weight excluding hydrogens is 314 g/mol. The van der Waals surface area contributed by atoms with Crippen LogP contribution in [0.1, 0.15) is 17.0 Å². The first-order valence-corrected chi connectivity index (χ1v) is 8.01. The second-order valence-electron chi connectivity index (χ2n) is 4.85. The molecule has 0 unspecified atom stereocenters. The van der Waals surface area contributed by atoms with Crippen LogP contribution < -0.4 is 4.72 Å². The number of hydrogen-bond donors (Lipinski definition) is 2. The standard InChI is InChI=1S/C13H16ClN3O3S/c1-7-5-10(14)6-11(12(7)18)16-21(19,20)13-8(2)15-17(4)9(13)3/h5-6,16,18H,1-4H3. The zero-order valence-electron chi connectivity index (χ0n) is 12.1. The summed E-state index contributed by atoms with van der Waals surface area (Å²) in [5, 5.41) is 14.4. The van der Waals surface area contributed by atoms with Crippen molar-refractivity contribution in [2.75, 3.05) is 4.72 Å². The molecule has 0 bridgehead atoms. The molecule has 0 saturated heterocycles. The molecule has 6 nitrogen and oxygen atoms in total. The Balaban J connectivity index is 2.52. The first-order chi connectivity index (χ1) is 9.63. The number of benzene rings is 1. The molecule has 0 amide bonds. The molecule has 1 aromatic carbocycles. The molecule has 2 N–H and O–H groups in total. The van der Waals surface area contributed by atoms with Crippen molar-refractivity contribution in [1.29, 1.82) is 0 Å². The molecular formula is C13H16ClN3O3S. The maximum absolute atomic E-state index is 12.5. The summed E-state index contributed by atoms with van der Waals surface area (Å²) in [6.45, 7) is 4.92. The minimum atomic E-state index is -3.86. The average Bonchev–Trinajstić information content (AvgIpc) is 2.59. The third-order valence-electron chi connectivity index (χ3n) is 3.22. The van der Waals surface area contributed by atoms with E-state index in [0.717, 1.165) is 0 Å². The second-order valence-corrected chi connectivity index (χ2v) is 6.90. The van der Waals surface area contributed by atoms with Gasteiger partial charge >= 0.3 is 0 Å². The van der Waals surface area contributed by atoms with Gasteiger partial charge in [-0.1, -0.05) is 11.6 Å². The van der Waals surface area contributed by atoms with Gasteiger partial charge in [-0.25, -0.2) is 8.42 Å². The number of aromatic hydroxyl groups is 1. The summed E-state index contributed by atoms with van der Waals surface area (Å²) in [7, 11) is -2.19. The summed E-state index contributed by atoms with van der Waals surface area (Å²) in [4.78, 5) is 0.0991. The van der Waals surface area contributed by atoms with Gasteiger partial charge in [0.1, 0.15) is 10.6 Å². The van der Waals surface area contributed by atoms with Crippen LogP contribution >= 0.6 is 11.6 Å². The Kier molecular flexibility index (Phi) is 3.90. The van der Waals surface area contributed by atoms with Crippen LogP contribution in [0, 0.1) is 20.8 Å². The molecule has 0 aliphatic heterocycles. The highest BCUT2D eigenvalue weighted by Crippen LogP contribution is 2.33. The lowest BCUT2D eigenvalue weighted by Crippen LogP contribution is -2.15. The molecule has 8 heteroatoms. The summed E-state index contributed by atoms with van der Waals surface area (Å²) in [5.41, 5.74) is 1.43. The molecule has 0 atom stereocenters. The monoisotopic (exact) mass is 329 g/mol. The van der Waals surface area contributed by atoms with Crippen LogP contribution in [0.4, 0.5) is 5.69 Å². The quantitative estimate of drug-likeness (QED) is 0.847.